The number of piperazine rings is 1. The number of rotatable bonds is 4. The van der Waals surface area contributed by atoms with Crippen LogP contribution in [0.1, 0.15) is 39.1 Å². The third-order valence-corrected chi connectivity index (χ3v) is 5.71. The highest BCUT2D eigenvalue weighted by molar-refractivity contribution is 6.42. The number of aryl methyl sites for hydroxylation is 2. The highest BCUT2D eigenvalue weighted by Crippen LogP contribution is 2.25. The zero-order chi connectivity index (χ0) is 22.8. The molecule has 1 fully saturated rings. The Balaban J connectivity index is 1.43. The lowest BCUT2D eigenvalue weighted by atomic mass is 10.1. The molecule has 1 atom stereocenters. The highest BCUT2D eigenvalue weighted by atomic mass is 16.5. The van der Waals surface area contributed by atoms with Crippen molar-refractivity contribution in [3.63, 3.8) is 0 Å². The van der Waals surface area contributed by atoms with Gasteiger partial charge < -0.3 is 14.3 Å². The van der Waals surface area contributed by atoms with E-state index in [1.54, 1.807) is 36.1 Å². The van der Waals surface area contributed by atoms with E-state index in [0.29, 0.717) is 42.3 Å². The molecule has 164 valence electrons. The van der Waals surface area contributed by atoms with E-state index in [2.05, 4.69) is 10.1 Å². The molecular weight excluding hydrogens is 408 g/mol. The second kappa shape index (κ2) is 8.74. The molecule has 3 aromatic rings. The first-order valence-electron chi connectivity index (χ1n) is 10.5. The Morgan fingerprint density at radius 1 is 1.00 bits per heavy atom. The van der Waals surface area contributed by atoms with Crippen molar-refractivity contribution in [2.24, 2.45) is 0 Å². The Kier molecular flexibility index (Phi) is 5.85. The highest BCUT2D eigenvalue weighted by Gasteiger charge is 2.33. The van der Waals surface area contributed by atoms with E-state index in [0.717, 1.165) is 5.56 Å². The topological polar surface area (TPSA) is 96.6 Å². The van der Waals surface area contributed by atoms with Crippen molar-refractivity contribution in [3.05, 3.63) is 71.2 Å². The average molecular weight is 432 g/mol. The molecule has 32 heavy (non-hydrogen) atoms. The standard InChI is InChI=1S/C24H24N4O4/c1-15-14-27(23(30)18-7-5-4-6-8-18)11-12-28(15)24(31)22(29)19-9-10-20(25-13-19)21-16(2)26-32-17(21)3/h4-10,13,15H,11-12,14H2,1-3H3/t15-/m1/s1. The summed E-state index contributed by atoms with van der Waals surface area (Å²) in [6, 6.07) is 12.0. The van der Waals surface area contributed by atoms with Crippen molar-refractivity contribution in [2.45, 2.75) is 26.8 Å². The molecule has 8 heteroatoms. The van der Waals surface area contributed by atoms with E-state index in [1.165, 1.54) is 11.1 Å². The first-order valence-corrected chi connectivity index (χ1v) is 10.5. The van der Waals surface area contributed by atoms with Gasteiger partial charge in [-0.1, -0.05) is 23.4 Å². The molecular formula is C24H24N4O4. The molecule has 0 bridgehead atoms. The molecule has 1 aliphatic rings. The maximum Gasteiger partial charge on any atom is 0.295 e. The van der Waals surface area contributed by atoms with Gasteiger partial charge in [0.2, 0.25) is 0 Å². The number of hydrogen-bond acceptors (Lipinski definition) is 6. The largest absolute Gasteiger partial charge is 0.361 e. The van der Waals surface area contributed by atoms with E-state index in [9.17, 15) is 14.4 Å². The molecule has 0 saturated carbocycles. The van der Waals surface area contributed by atoms with E-state index < -0.39 is 11.7 Å². The van der Waals surface area contributed by atoms with E-state index in [4.69, 9.17) is 4.52 Å². The average Bonchev–Trinajstić information content (AvgIpc) is 3.16. The lowest BCUT2D eigenvalue weighted by molar-refractivity contribution is -0.130. The summed E-state index contributed by atoms with van der Waals surface area (Å²) in [5.74, 6) is -0.634. The van der Waals surface area contributed by atoms with Gasteiger partial charge >= 0.3 is 0 Å². The van der Waals surface area contributed by atoms with Gasteiger partial charge in [0.15, 0.2) is 0 Å². The summed E-state index contributed by atoms with van der Waals surface area (Å²) in [4.78, 5) is 46.0. The normalized spacial score (nSPS) is 16.2. The van der Waals surface area contributed by atoms with E-state index >= 15 is 0 Å². The number of pyridine rings is 1. The van der Waals surface area contributed by atoms with Crippen LogP contribution in [0.2, 0.25) is 0 Å². The van der Waals surface area contributed by atoms with Gasteiger partial charge in [-0.15, -0.1) is 0 Å². The Hall–Kier alpha value is -3.81. The second-order valence-electron chi connectivity index (χ2n) is 7.93. The Morgan fingerprint density at radius 2 is 1.75 bits per heavy atom. The number of hydrogen-bond donors (Lipinski definition) is 0. The molecule has 1 aliphatic heterocycles. The van der Waals surface area contributed by atoms with Crippen LogP contribution in [0.5, 0.6) is 0 Å². The van der Waals surface area contributed by atoms with Crippen LogP contribution in [0.4, 0.5) is 0 Å². The molecule has 2 aromatic heterocycles. The third-order valence-electron chi connectivity index (χ3n) is 5.71. The third kappa shape index (κ3) is 4.03. The van der Waals surface area contributed by atoms with Gasteiger partial charge in [0, 0.05) is 43.0 Å². The van der Waals surface area contributed by atoms with Crippen LogP contribution in [0.3, 0.4) is 0 Å². The number of Topliss-reactive ketones (excluding diaryl/α,β-unsaturated/α-hetero) is 1. The minimum atomic E-state index is -0.613. The molecule has 0 radical (unpaired) electrons. The van der Waals surface area contributed by atoms with Crippen molar-refractivity contribution in [3.8, 4) is 11.3 Å². The molecule has 0 spiro atoms. The summed E-state index contributed by atoms with van der Waals surface area (Å²) in [5, 5.41) is 3.91. The van der Waals surface area contributed by atoms with E-state index in [-0.39, 0.29) is 17.5 Å². The van der Waals surface area contributed by atoms with Crippen LogP contribution < -0.4 is 0 Å². The van der Waals surface area contributed by atoms with Crippen molar-refractivity contribution in [1.82, 2.24) is 19.9 Å². The van der Waals surface area contributed by atoms with Gasteiger partial charge in [-0.2, -0.15) is 0 Å². The number of nitrogens with zero attached hydrogens (tertiary/aromatic N) is 4. The number of amides is 2. The molecule has 0 aliphatic carbocycles. The molecule has 1 saturated heterocycles. The van der Waals surface area contributed by atoms with Crippen LogP contribution in [0.15, 0.2) is 53.2 Å². The number of ketones is 1. The quantitative estimate of drug-likeness (QED) is 0.465. The fourth-order valence-corrected chi connectivity index (χ4v) is 3.99. The molecule has 0 N–H and O–H groups in total. The zero-order valence-electron chi connectivity index (χ0n) is 18.2. The van der Waals surface area contributed by atoms with Gasteiger partial charge in [0.1, 0.15) is 5.76 Å². The van der Waals surface area contributed by atoms with Crippen LogP contribution >= 0.6 is 0 Å². The Bertz CT molecular complexity index is 1140. The number of benzene rings is 1. The summed E-state index contributed by atoms with van der Waals surface area (Å²) in [6.07, 6.45) is 1.40. The van der Waals surface area contributed by atoms with Crippen LogP contribution in [-0.2, 0) is 4.79 Å². The lowest BCUT2D eigenvalue weighted by Crippen LogP contribution is -2.56. The summed E-state index contributed by atoms with van der Waals surface area (Å²) in [6.45, 7) is 6.50. The first kappa shape index (κ1) is 21.4. The summed E-state index contributed by atoms with van der Waals surface area (Å²) < 4.78 is 5.16. The number of carbonyl (C=O) groups excluding carboxylic acids is 3. The van der Waals surface area contributed by atoms with Crippen molar-refractivity contribution < 1.29 is 18.9 Å². The maximum atomic E-state index is 12.9. The predicted octanol–water partition coefficient (Wildman–Crippen LogP) is 2.91. The van der Waals surface area contributed by atoms with Crippen LogP contribution in [-0.4, -0.2) is 63.2 Å². The van der Waals surface area contributed by atoms with Crippen LogP contribution in [0, 0.1) is 13.8 Å². The van der Waals surface area contributed by atoms with E-state index in [1.807, 2.05) is 32.0 Å². The van der Waals surface area contributed by atoms with Crippen molar-refractivity contribution >= 4 is 17.6 Å². The molecule has 3 heterocycles. The molecule has 8 nitrogen and oxygen atoms in total. The summed E-state index contributed by atoms with van der Waals surface area (Å²) in [5.41, 5.74) is 2.96. The zero-order valence-corrected chi connectivity index (χ0v) is 18.2. The maximum absolute atomic E-state index is 12.9. The summed E-state index contributed by atoms with van der Waals surface area (Å²) >= 11 is 0. The fourth-order valence-electron chi connectivity index (χ4n) is 3.99. The number of aromatic nitrogens is 2. The molecule has 0 unspecified atom stereocenters. The fraction of sp³-hybridized carbons (Fsp3) is 0.292. The molecule has 4 rings (SSSR count). The smallest absolute Gasteiger partial charge is 0.295 e. The van der Waals surface area contributed by atoms with Crippen molar-refractivity contribution in [2.75, 3.05) is 19.6 Å². The minimum absolute atomic E-state index is 0.0741. The Labute approximate surface area is 185 Å². The first-order chi connectivity index (χ1) is 15.4. The van der Waals surface area contributed by atoms with Gasteiger partial charge in [-0.25, -0.2) is 0 Å². The van der Waals surface area contributed by atoms with Crippen LogP contribution in [0.25, 0.3) is 11.3 Å². The minimum Gasteiger partial charge on any atom is -0.361 e. The molecule has 1 aromatic carbocycles. The number of carbonyl (C=O) groups is 3. The van der Waals surface area contributed by atoms with Gasteiger partial charge in [-0.3, -0.25) is 19.4 Å². The lowest BCUT2D eigenvalue weighted by Gasteiger charge is -2.39. The predicted molar refractivity (Wildman–Crippen MR) is 117 cm³/mol. The van der Waals surface area contributed by atoms with Gasteiger partial charge in [-0.05, 0) is 45.0 Å². The monoisotopic (exact) mass is 432 g/mol. The summed E-state index contributed by atoms with van der Waals surface area (Å²) in [7, 11) is 0. The molecule has 2 amide bonds. The Morgan fingerprint density at radius 3 is 2.34 bits per heavy atom. The van der Waals surface area contributed by atoms with Gasteiger partial charge in [0.05, 0.1) is 17.0 Å². The second-order valence-corrected chi connectivity index (χ2v) is 7.93. The van der Waals surface area contributed by atoms with Gasteiger partial charge in [0.25, 0.3) is 17.6 Å². The van der Waals surface area contributed by atoms with Crippen molar-refractivity contribution in [1.29, 1.82) is 0 Å². The SMILES string of the molecule is Cc1noc(C)c1-c1ccc(C(=O)C(=O)N2CCN(C(=O)c3ccccc3)C[C@H]2C)cn1.